The Hall–Kier alpha value is -0.680. The van der Waals surface area contributed by atoms with Crippen molar-refractivity contribution in [2.24, 2.45) is 5.73 Å². The second-order valence-electron chi connectivity index (χ2n) is 4.06. The highest BCUT2D eigenvalue weighted by atomic mass is 32.1. The fourth-order valence-corrected chi connectivity index (χ4v) is 1.72. The van der Waals surface area contributed by atoms with E-state index >= 15 is 0 Å². The molecule has 0 aromatic heterocycles. The number of nitrogens with two attached hydrogens (primary N) is 1. The molecule has 0 aromatic carbocycles. The van der Waals surface area contributed by atoms with Crippen LogP contribution in [0, 0.1) is 0 Å². The van der Waals surface area contributed by atoms with E-state index < -0.39 is 5.54 Å². The zero-order valence-electron chi connectivity index (χ0n) is 10.5. The van der Waals surface area contributed by atoms with E-state index in [0.717, 1.165) is 0 Å². The van der Waals surface area contributed by atoms with Crippen LogP contribution in [-0.4, -0.2) is 29.1 Å². The molecule has 4 nitrogen and oxygen atoms in total. The lowest BCUT2D eigenvalue weighted by atomic mass is 9.93. The summed E-state index contributed by atoms with van der Waals surface area (Å²) < 4.78 is 5.22. The molecule has 0 bridgehead atoms. The normalized spacial score (nSPS) is 11.6. The minimum Gasteiger partial charge on any atom is -0.391 e. The van der Waals surface area contributed by atoms with Crippen LogP contribution < -0.4 is 11.1 Å². The Balaban J connectivity index is 4.41. The second-order valence-corrected chi connectivity index (χ2v) is 4.50. The maximum Gasteiger partial charge on any atom is 0.246 e. The molecule has 0 radical (unpaired) electrons. The highest BCUT2D eigenvalue weighted by Crippen LogP contribution is 2.15. The summed E-state index contributed by atoms with van der Waals surface area (Å²) in [4.78, 5) is 12.0. The van der Waals surface area contributed by atoms with Gasteiger partial charge in [0.15, 0.2) is 0 Å². The van der Waals surface area contributed by atoms with E-state index in [1.54, 1.807) is 0 Å². The van der Waals surface area contributed by atoms with Gasteiger partial charge in [-0.15, -0.1) is 0 Å². The van der Waals surface area contributed by atoms with Crippen molar-refractivity contribution >= 4 is 23.1 Å². The predicted molar refractivity (Wildman–Crippen MR) is 69.3 cm³/mol. The van der Waals surface area contributed by atoms with Gasteiger partial charge in [-0.1, -0.05) is 26.1 Å². The molecule has 0 atom stereocenters. The molecule has 5 heteroatoms. The number of hydrogen-bond donors (Lipinski definition) is 2. The van der Waals surface area contributed by atoms with Crippen molar-refractivity contribution in [1.82, 2.24) is 5.32 Å². The highest BCUT2D eigenvalue weighted by molar-refractivity contribution is 7.80. The van der Waals surface area contributed by atoms with Crippen LogP contribution >= 0.6 is 12.2 Å². The van der Waals surface area contributed by atoms with Gasteiger partial charge in [-0.3, -0.25) is 4.79 Å². The van der Waals surface area contributed by atoms with Crippen LogP contribution in [0.1, 0.15) is 40.5 Å². The Morgan fingerprint density at radius 1 is 1.44 bits per heavy atom. The number of carbonyl (C=O) groups is 1. The van der Waals surface area contributed by atoms with Gasteiger partial charge in [-0.05, 0) is 26.7 Å². The van der Waals surface area contributed by atoms with E-state index in [1.807, 2.05) is 27.7 Å². The predicted octanol–water partition coefficient (Wildman–Crippen LogP) is 1.37. The minimum absolute atomic E-state index is 0.0354. The monoisotopic (exact) mass is 246 g/mol. The summed E-state index contributed by atoms with van der Waals surface area (Å²) in [5.41, 5.74) is 5.10. The van der Waals surface area contributed by atoms with Gasteiger partial charge in [0.05, 0.1) is 16.6 Å². The van der Waals surface area contributed by atoms with E-state index in [-0.39, 0.29) is 18.6 Å². The molecule has 0 aliphatic carbocycles. The Kier molecular flexibility index (Phi) is 6.52. The topological polar surface area (TPSA) is 64.3 Å². The minimum atomic E-state index is -0.577. The van der Waals surface area contributed by atoms with E-state index in [9.17, 15) is 4.79 Å². The smallest absolute Gasteiger partial charge is 0.246 e. The van der Waals surface area contributed by atoms with Crippen LogP contribution in [-0.2, 0) is 9.53 Å². The lowest BCUT2D eigenvalue weighted by Crippen LogP contribution is -2.56. The number of hydrogen-bond acceptors (Lipinski definition) is 3. The molecule has 0 fully saturated rings. The fourth-order valence-electron chi connectivity index (χ4n) is 1.38. The molecule has 0 aliphatic rings. The Bertz CT molecular complexity index is 250. The van der Waals surface area contributed by atoms with Crippen LogP contribution in [0.2, 0.25) is 0 Å². The van der Waals surface area contributed by atoms with E-state index in [0.29, 0.717) is 17.8 Å². The quantitative estimate of drug-likeness (QED) is 0.666. The highest BCUT2D eigenvalue weighted by Gasteiger charge is 2.31. The molecule has 0 heterocycles. The first kappa shape index (κ1) is 15.3. The molecule has 0 aromatic rings. The summed E-state index contributed by atoms with van der Waals surface area (Å²) in [6.07, 6.45) is 1.41. The van der Waals surface area contributed by atoms with E-state index in [2.05, 4.69) is 5.32 Å². The SMILES string of the molecule is CCC(CC)(NC(=O)COC(C)C)C(N)=S. The molecule has 0 aliphatic heterocycles. The standard InChI is InChI=1S/C11H22N2O2S/c1-5-11(6-2,10(12)16)13-9(14)7-15-8(3)4/h8H,5-7H2,1-4H3,(H2,12,16)(H,13,14). The third-order valence-corrected chi connectivity index (χ3v) is 3.00. The third kappa shape index (κ3) is 4.45. The van der Waals surface area contributed by atoms with Gasteiger partial charge >= 0.3 is 0 Å². The van der Waals surface area contributed by atoms with Crippen molar-refractivity contribution in [2.75, 3.05) is 6.61 Å². The van der Waals surface area contributed by atoms with Gasteiger partial charge in [0.1, 0.15) is 6.61 Å². The van der Waals surface area contributed by atoms with Gasteiger partial charge in [0.25, 0.3) is 0 Å². The molecule has 0 spiro atoms. The van der Waals surface area contributed by atoms with E-state index in [1.165, 1.54) is 0 Å². The number of thiocarbonyl (C=S) groups is 1. The molecule has 1 amide bonds. The summed E-state index contributed by atoms with van der Waals surface area (Å²) in [5, 5.41) is 2.85. The van der Waals surface area contributed by atoms with Crippen molar-refractivity contribution in [3.63, 3.8) is 0 Å². The molecular formula is C11H22N2O2S. The first-order chi connectivity index (χ1) is 7.38. The van der Waals surface area contributed by atoms with Gasteiger partial charge < -0.3 is 15.8 Å². The third-order valence-electron chi connectivity index (χ3n) is 2.61. The molecule has 0 saturated heterocycles. The first-order valence-electron chi connectivity index (χ1n) is 5.60. The van der Waals surface area contributed by atoms with Gasteiger partial charge in [-0.25, -0.2) is 0 Å². The van der Waals surface area contributed by atoms with E-state index in [4.69, 9.17) is 22.7 Å². The average Bonchev–Trinajstić information content (AvgIpc) is 2.22. The molecule has 0 unspecified atom stereocenters. The van der Waals surface area contributed by atoms with Gasteiger partial charge in [-0.2, -0.15) is 0 Å². The lowest BCUT2D eigenvalue weighted by molar-refractivity contribution is -0.128. The largest absolute Gasteiger partial charge is 0.391 e. The lowest BCUT2D eigenvalue weighted by Gasteiger charge is -2.31. The second kappa shape index (κ2) is 6.81. The molecule has 0 saturated carbocycles. The molecular weight excluding hydrogens is 224 g/mol. The number of nitrogens with one attached hydrogen (secondary N) is 1. The van der Waals surface area contributed by atoms with Crippen LogP contribution in [0.4, 0.5) is 0 Å². The van der Waals surface area contributed by atoms with Crippen LogP contribution in [0.5, 0.6) is 0 Å². The summed E-state index contributed by atoms with van der Waals surface area (Å²) in [6, 6.07) is 0. The van der Waals surface area contributed by atoms with Crippen molar-refractivity contribution in [1.29, 1.82) is 0 Å². The maximum absolute atomic E-state index is 11.6. The summed E-state index contributed by atoms with van der Waals surface area (Å²) >= 11 is 5.00. The van der Waals surface area contributed by atoms with Crippen LogP contribution in [0.25, 0.3) is 0 Å². The maximum atomic E-state index is 11.6. The number of amides is 1. The summed E-state index contributed by atoms with van der Waals surface area (Å²) in [6.45, 7) is 7.71. The number of rotatable bonds is 7. The van der Waals surface area contributed by atoms with Gasteiger partial charge in [0.2, 0.25) is 5.91 Å². The van der Waals surface area contributed by atoms with Crippen molar-refractivity contribution in [3.8, 4) is 0 Å². The van der Waals surface area contributed by atoms with Crippen LogP contribution in [0.3, 0.4) is 0 Å². The Morgan fingerprint density at radius 3 is 2.25 bits per heavy atom. The Morgan fingerprint density at radius 2 is 1.94 bits per heavy atom. The average molecular weight is 246 g/mol. The fraction of sp³-hybridized carbons (Fsp3) is 0.818. The summed E-state index contributed by atoms with van der Waals surface area (Å²) in [5.74, 6) is -0.176. The van der Waals surface area contributed by atoms with Crippen molar-refractivity contribution in [2.45, 2.75) is 52.2 Å². The molecule has 94 valence electrons. The molecule has 16 heavy (non-hydrogen) atoms. The number of carbonyl (C=O) groups excluding carboxylic acids is 1. The van der Waals surface area contributed by atoms with Gasteiger partial charge in [0, 0.05) is 0 Å². The molecule has 0 rings (SSSR count). The summed E-state index contributed by atoms with van der Waals surface area (Å²) in [7, 11) is 0. The first-order valence-corrected chi connectivity index (χ1v) is 6.01. The Labute approximate surface area is 103 Å². The zero-order chi connectivity index (χ0) is 12.8. The van der Waals surface area contributed by atoms with Crippen molar-refractivity contribution < 1.29 is 9.53 Å². The van der Waals surface area contributed by atoms with Crippen LogP contribution in [0.15, 0.2) is 0 Å². The number of ether oxygens (including phenoxy) is 1. The molecule has 3 N–H and O–H groups in total. The zero-order valence-corrected chi connectivity index (χ0v) is 11.3. The van der Waals surface area contributed by atoms with Crippen molar-refractivity contribution in [3.05, 3.63) is 0 Å².